The minimum atomic E-state index is -4.37. The summed E-state index contributed by atoms with van der Waals surface area (Å²) in [4.78, 5) is 13.5. The molecule has 0 spiro atoms. The molecule has 6 nitrogen and oxygen atoms in total. The molecule has 0 saturated heterocycles. The second-order valence-corrected chi connectivity index (χ2v) is 6.34. The number of ether oxygens (including phenoxy) is 1. The number of nitrogens with zero attached hydrogens (tertiary/aromatic N) is 1. The molecule has 0 N–H and O–H groups in total. The SMILES string of the molecule is CN(C)c1ccc(C(=O)OCCS(=O)(=O)[O-])cc1Br. The molecule has 19 heavy (non-hydrogen) atoms. The summed E-state index contributed by atoms with van der Waals surface area (Å²) < 4.78 is 36.5. The zero-order valence-corrected chi connectivity index (χ0v) is 12.8. The average Bonchev–Trinajstić information content (AvgIpc) is 2.26. The van der Waals surface area contributed by atoms with E-state index in [9.17, 15) is 17.8 Å². The molecular weight excluding hydrogens is 338 g/mol. The molecule has 0 amide bonds. The van der Waals surface area contributed by atoms with Gasteiger partial charge in [0.25, 0.3) is 0 Å². The Morgan fingerprint density at radius 1 is 1.42 bits per heavy atom. The van der Waals surface area contributed by atoms with Crippen LogP contribution in [0, 0.1) is 0 Å². The van der Waals surface area contributed by atoms with Crippen molar-refractivity contribution in [1.29, 1.82) is 0 Å². The molecule has 0 bridgehead atoms. The number of esters is 1. The van der Waals surface area contributed by atoms with Crippen molar-refractivity contribution in [2.45, 2.75) is 0 Å². The molecule has 1 aromatic rings. The second-order valence-electron chi connectivity index (χ2n) is 3.96. The fourth-order valence-electron chi connectivity index (χ4n) is 1.32. The van der Waals surface area contributed by atoms with Crippen molar-refractivity contribution in [3.05, 3.63) is 28.2 Å². The fourth-order valence-corrected chi connectivity index (χ4v) is 2.34. The van der Waals surface area contributed by atoms with Crippen LogP contribution in [0.3, 0.4) is 0 Å². The van der Waals surface area contributed by atoms with Crippen LogP contribution in [0.15, 0.2) is 22.7 Å². The monoisotopic (exact) mass is 350 g/mol. The normalized spacial score (nSPS) is 11.2. The Labute approximate surface area is 120 Å². The van der Waals surface area contributed by atoms with Gasteiger partial charge in [-0.15, -0.1) is 0 Å². The van der Waals surface area contributed by atoms with Gasteiger partial charge in [-0.2, -0.15) is 0 Å². The first-order valence-electron chi connectivity index (χ1n) is 5.28. The summed E-state index contributed by atoms with van der Waals surface area (Å²) in [6.45, 7) is -0.447. The van der Waals surface area contributed by atoms with Gasteiger partial charge in [-0.3, -0.25) is 0 Å². The van der Waals surface area contributed by atoms with E-state index in [4.69, 9.17) is 4.74 Å². The summed E-state index contributed by atoms with van der Waals surface area (Å²) in [7, 11) is -0.655. The van der Waals surface area contributed by atoms with Gasteiger partial charge >= 0.3 is 5.97 Å². The van der Waals surface area contributed by atoms with E-state index in [-0.39, 0.29) is 5.56 Å². The molecule has 0 heterocycles. The fraction of sp³-hybridized carbons (Fsp3) is 0.364. The van der Waals surface area contributed by atoms with E-state index in [1.165, 1.54) is 0 Å². The van der Waals surface area contributed by atoms with Crippen molar-refractivity contribution >= 4 is 37.7 Å². The van der Waals surface area contributed by atoms with E-state index in [0.717, 1.165) is 5.69 Å². The van der Waals surface area contributed by atoms with E-state index in [1.807, 2.05) is 19.0 Å². The summed E-state index contributed by atoms with van der Waals surface area (Å²) >= 11 is 3.32. The predicted molar refractivity (Wildman–Crippen MR) is 73.3 cm³/mol. The highest BCUT2D eigenvalue weighted by Gasteiger charge is 2.11. The molecule has 0 aromatic heterocycles. The van der Waals surface area contributed by atoms with Crippen LogP contribution in [0.1, 0.15) is 10.4 Å². The van der Waals surface area contributed by atoms with Crippen molar-refractivity contribution in [3.63, 3.8) is 0 Å². The van der Waals surface area contributed by atoms with Gasteiger partial charge in [-0.25, -0.2) is 13.2 Å². The lowest BCUT2D eigenvalue weighted by Crippen LogP contribution is -2.15. The Balaban J connectivity index is 2.71. The van der Waals surface area contributed by atoms with Crippen LogP contribution in [0.5, 0.6) is 0 Å². The third-order valence-electron chi connectivity index (χ3n) is 2.23. The van der Waals surface area contributed by atoms with Crippen LogP contribution in [0.4, 0.5) is 5.69 Å². The molecule has 0 aliphatic rings. The van der Waals surface area contributed by atoms with Gasteiger partial charge < -0.3 is 14.2 Å². The summed E-state index contributed by atoms with van der Waals surface area (Å²) in [6.07, 6.45) is 0. The predicted octanol–water partition coefficient (Wildman–Crippen LogP) is 1.22. The first-order chi connectivity index (χ1) is 8.70. The Kier molecular flexibility index (Phi) is 5.33. The highest BCUT2D eigenvalue weighted by atomic mass is 79.9. The summed E-state index contributed by atoms with van der Waals surface area (Å²) in [6, 6.07) is 4.86. The van der Waals surface area contributed by atoms with Crippen molar-refractivity contribution in [2.75, 3.05) is 31.4 Å². The molecule has 1 aromatic carbocycles. The van der Waals surface area contributed by atoms with E-state index in [0.29, 0.717) is 4.47 Å². The van der Waals surface area contributed by atoms with Crippen molar-refractivity contribution in [1.82, 2.24) is 0 Å². The lowest BCUT2D eigenvalue weighted by molar-refractivity contribution is 0.0528. The highest BCUT2D eigenvalue weighted by Crippen LogP contribution is 2.25. The van der Waals surface area contributed by atoms with Gasteiger partial charge in [0, 0.05) is 18.6 Å². The molecule has 1 rings (SSSR count). The standard InChI is InChI=1S/C11H14BrNO5S/c1-13(2)10-4-3-8(7-9(10)12)11(14)18-5-6-19(15,16)17/h3-4,7H,5-6H2,1-2H3,(H,15,16,17)/p-1. The molecule has 0 aliphatic heterocycles. The molecule has 0 fully saturated rings. The highest BCUT2D eigenvalue weighted by molar-refractivity contribution is 9.10. The molecule has 8 heteroatoms. The largest absolute Gasteiger partial charge is 0.748 e. The van der Waals surface area contributed by atoms with E-state index >= 15 is 0 Å². The van der Waals surface area contributed by atoms with Crippen molar-refractivity contribution in [3.8, 4) is 0 Å². The quantitative estimate of drug-likeness (QED) is 0.586. The molecule has 0 unspecified atom stereocenters. The Hall–Kier alpha value is -1.12. The number of rotatable bonds is 5. The maximum Gasteiger partial charge on any atom is 0.338 e. The van der Waals surface area contributed by atoms with Crippen molar-refractivity contribution < 1.29 is 22.5 Å². The minimum Gasteiger partial charge on any atom is -0.748 e. The van der Waals surface area contributed by atoms with Crippen molar-refractivity contribution in [2.24, 2.45) is 0 Å². The van der Waals surface area contributed by atoms with Crippen LogP contribution in [0.25, 0.3) is 0 Å². The lowest BCUT2D eigenvalue weighted by atomic mass is 10.2. The number of anilines is 1. The average molecular weight is 351 g/mol. The zero-order valence-electron chi connectivity index (χ0n) is 10.4. The number of hydrogen-bond donors (Lipinski definition) is 0. The lowest BCUT2D eigenvalue weighted by Gasteiger charge is -2.15. The third-order valence-corrected chi connectivity index (χ3v) is 3.53. The molecule has 0 saturated carbocycles. The smallest absolute Gasteiger partial charge is 0.338 e. The van der Waals surface area contributed by atoms with Crippen LogP contribution >= 0.6 is 15.9 Å². The maximum absolute atomic E-state index is 11.6. The number of carbonyl (C=O) groups is 1. The van der Waals surface area contributed by atoms with Gasteiger partial charge in [-0.1, -0.05) is 0 Å². The summed E-state index contributed by atoms with van der Waals surface area (Å²) in [5.41, 5.74) is 1.17. The molecule has 0 aliphatic carbocycles. The minimum absolute atomic E-state index is 0.278. The Morgan fingerprint density at radius 2 is 2.05 bits per heavy atom. The van der Waals surface area contributed by atoms with Crippen LogP contribution < -0.4 is 4.90 Å². The topological polar surface area (TPSA) is 86.7 Å². The molecule has 0 atom stereocenters. The summed E-state index contributed by atoms with van der Waals surface area (Å²) in [5, 5.41) is 0. The van der Waals surface area contributed by atoms with Gasteiger partial charge in [0.15, 0.2) is 0 Å². The maximum atomic E-state index is 11.6. The van der Waals surface area contributed by atoms with Gasteiger partial charge in [0.1, 0.15) is 6.61 Å². The van der Waals surface area contributed by atoms with Gasteiger partial charge in [0.05, 0.1) is 27.1 Å². The molecule has 106 valence electrons. The first kappa shape index (κ1) is 15.9. The zero-order chi connectivity index (χ0) is 14.6. The summed E-state index contributed by atoms with van der Waals surface area (Å²) in [5.74, 6) is -1.40. The van der Waals surface area contributed by atoms with Gasteiger partial charge in [-0.05, 0) is 34.1 Å². The number of hydrogen-bond acceptors (Lipinski definition) is 6. The van der Waals surface area contributed by atoms with Crippen LogP contribution in [-0.2, 0) is 14.9 Å². The number of carbonyl (C=O) groups excluding carboxylic acids is 1. The van der Waals surface area contributed by atoms with E-state index < -0.39 is 28.4 Å². The number of benzene rings is 1. The van der Waals surface area contributed by atoms with Crippen LogP contribution in [0.2, 0.25) is 0 Å². The second kappa shape index (κ2) is 6.36. The van der Waals surface area contributed by atoms with E-state index in [2.05, 4.69) is 15.9 Å². The third kappa shape index (κ3) is 5.17. The molecule has 0 radical (unpaired) electrons. The first-order valence-corrected chi connectivity index (χ1v) is 7.65. The molecular formula is C11H13BrNO5S-. The Morgan fingerprint density at radius 3 is 2.53 bits per heavy atom. The van der Waals surface area contributed by atoms with E-state index in [1.54, 1.807) is 18.2 Å². The van der Waals surface area contributed by atoms with Gasteiger partial charge in [0.2, 0.25) is 0 Å². The Bertz CT molecular complexity index is 570. The number of halogens is 1. The van der Waals surface area contributed by atoms with Crippen LogP contribution in [-0.4, -0.2) is 45.4 Å².